The lowest BCUT2D eigenvalue weighted by Crippen LogP contribution is -2.55. The first-order chi connectivity index (χ1) is 17.4. The van der Waals surface area contributed by atoms with Crippen molar-refractivity contribution in [3.8, 4) is 11.8 Å². The predicted octanol–water partition coefficient (Wildman–Crippen LogP) is 3.64. The number of rotatable bonds is 9. The fraction of sp³-hybridized carbons (Fsp3) is 0.286. The molecule has 8 nitrogen and oxygen atoms in total. The third kappa shape index (κ3) is 6.26. The summed E-state index contributed by atoms with van der Waals surface area (Å²) in [5.41, 5.74) is 2.56. The van der Waals surface area contributed by atoms with Crippen molar-refractivity contribution in [2.24, 2.45) is 0 Å². The fourth-order valence-corrected chi connectivity index (χ4v) is 3.99. The van der Waals surface area contributed by atoms with Crippen molar-refractivity contribution in [3.05, 3.63) is 89.6 Å². The molecule has 2 N–H and O–H groups in total. The number of nitrogens with one attached hydrogen (secondary N) is 2. The van der Waals surface area contributed by atoms with Crippen LogP contribution in [-0.4, -0.2) is 47.4 Å². The van der Waals surface area contributed by atoms with Gasteiger partial charge in [0, 0.05) is 13.5 Å². The van der Waals surface area contributed by atoms with Gasteiger partial charge in [-0.2, -0.15) is 5.26 Å². The molecule has 8 heteroatoms. The van der Waals surface area contributed by atoms with Crippen molar-refractivity contribution in [1.82, 2.24) is 15.2 Å². The van der Waals surface area contributed by atoms with E-state index in [1.807, 2.05) is 42.5 Å². The lowest BCUT2D eigenvalue weighted by molar-refractivity contribution is -0.137. The number of likely N-dealkylation sites (tertiary alicyclic amines) is 1. The summed E-state index contributed by atoms with van der Waals surface area (Å²) in [4.78, 5) is 30.6. The maximum atomic E-state index is 13.2. The van der Waals surface area contributed by atoms with Crippen LogP contribution < -0.4 is 15.4 Å². The van der Waals surface area contributed by atoms with Gasteiger partial charge < -0.3 is 20.3 Å². The van der Waals surface area contributed by atoms with E-state index in [1.165, 1.54) is 0 Å². The summed E-state index contributed by atoms with van der Waals surface area (Å²) in [6.45, 7) is 5.32. The minimum atomic E-state index is -0.572. The number of aromatic nitrogens is 1. The SMILES string of the molecule is CC(=O)N1CC(Oc2ccc(NC(=O)C(NCC(C)c3ccc(C#N)cc3)c3ccccc3)nc2)C1. The minimum Gasteiger partial charge on any atom is -0.485 e. The summed E-state index contributed by atoms with van der Waals surface area (Å²) in [5.74, 6) is 0.977. The van der Waals surface area contributed by atoms with E-state index in [9.17, 15) is 9.59 Å². The normalized spacial score (nSPS) is 14.8. The number of nitrogens with zero attached hydrogens (tertiary/aromatic N) is 3. The lowest BCUT2D eigenvalue weighted by Gasteiger charge is -2.38. The largest absolute Gasteiger partial charge is 0.485 e. The Morgan fingerprint density at radius 3 is 2.42 bits per heavy atom. The number of nitriles is 1. The molecule has 3 aromatic rings. The molecule has 0 radical (unpaired) electrons. The number of ether oxygens (including phenoxy) is 1. The first-order valence-corrected chi connectivity index (χ1v) is 11.9. The lowest BCUT2D eigenvalue weighted by atomic mass is 9.98. The van der Waals surface area contributed by atoms with E-state index in [-0.39, 0.29) is 23.8 Å². The van der Waals surface area contributed by atoms with Gasteiger partial charge in [-0.25, -0.2) is 4.98 Å². The molecule has 1 fully saturated rings. The van der Waals surface area contributed by atoms with E-state index in [2.05, 4.69) is 28.6 Å². The van der Waals surface area contributed by atoms with Crippen LogP contribution in [0, 0.1) is 11.3 Å². The molecular formula is C28H29N5O3. The van der Waals surface area contributed by atoms with Crippen LogP contribution in [0.3, 0.4) is 0 Å². The topological polar surface area (TPSA) is 107 Å². The average molecular weight is 484 g/mol. The quantitative estimate of drug-likeness (QED) is 0.481. The molecule has 4 rings (SSSR count). The molecule has 2 atom stereocenters. The van der Waals surface area contributed by atoms with Gasteiger partial charge in [0.1, 0.15) is 23.7 Å². The molecule has 1 aliphatic rings. The van der Waals surface area contributed by atoms with E-state index >= 15 is 0 Å². The smallest absolute Gasteiger partial charge is 0.247 e. The van der Waals surface area contributed by atoms with Gasteiger partial charge in [0.05, 0.1) is 30.9 Å². The van der Waals surface area contributed by atoms with Crippen molar-refractivity contribution in [1.29, 1.82) is 5.26 Å². The highest BCUT2D eigenvalue weighted by Gasteiger charge is 2.30. The van der Waals surface area contributed by atoms with Gasteiger partial charge in [-0.1, -0.05) is 49.4 Å². The van der Waals surface area contributed by atoms with Gasteiger partial charge in [0.2, 0.25) is 11.8 Å². The van der Waals surface area contributed by atoms with Gasteiger partial charge in [-0.15, -0.1) is 0 Å². The first-order valence-electron chi connectivity index (χ1n) is 11.9. The molecule has 1 aromatic heterocycles. The molecule has 2 unspecified atom stereocenters. The molecule has 2 heterocycles. The van der Waals surface area contributed by atoms with Crippen molar-refractivity contribution >= 4 is 17.6 Å². The molecule has 0 spiro atoms. The highest BCUT2D eigenvalue weighted by Crippen LogP contribution is 2.21. The zero-order valence-corrected chi connectivity index (χ0v) is 20.3. The molecule has 36 heavy (non-hydrogen) atoms. The number of amides is 2. The van der Waals surface area contributed by atoms with Crippen LogP contribution >= 0.6 is 0 Å². The molecule has 1 aliphatic heterocycles. The second kappa shape index (κ2) is 11.5. The zero-order valence-electron chi connectivity index (χ0n) is 20.3. The first kappa shape index (κ1) is 24.9. The number of hydrogen-bond acceptors (Lipinski definition) is 6. The summed E-state index contributed by atoms with van der Waals surface area (Å²) >= 11 is 0. The van der Waals surface area contributed by atoms with Crippen molar-refractivity contribution in [2.45, 2.75) is 31.9 Å². The van der Waals surface area contributed by atoms with Crippen LogP contribution in [0.1, 0.15) is 42.5 Å². The molecule has 1 saturated heterocycles. The van der Waals surface area contributed by atoms with Gasteiger partial charge in [0.25, 0.3) is 0 Å². The molecule has 0 bridgehead atoms. The van der Waals surface area contributed by atoms with Gasteiger partial charge in [-0.05, 0) is 41.3 Å². The van der Waals surface area contributed by atoms with E-state index in [0.29, 0.717) is 36.8 Å². The number of carbonyl (C=O) groups is 2. The monoisotopic (exact) mass is 483 g/mol. The summed E-state index contributed by atoms with van der Waals surface area (Å²) < 4.78 is 5.83. The average Bonchev–Trinajstić information content (AvgIpc) is 2.87. The van der Waals surface area contributed by atoms with Crippen molar-refractivity contribution in [3.63, 3.8) is 0 Å². The Morgan fingerprint density at radius 2 is 1.81 bits per heavy atom. The Bertz CT molecular complexity index is 1220. The number of anilines is 1. The van der Waals surface area contributed by atoms with E-state index in [1.54, 1.807) is 42.3 Å². The summed E-state index contributed by atoms with van der Waals surface area (Å²) in [5, 5.41) is 15.3. The summed E-state index contributed by atoms with van der Waals surface area (Å²) in [6, 6.07) is 22.1. The van der Waals surface area contributed by atoms with Crippen molar-refractivity contribution in [2.75, 3.05) is 25.0 Å². The Labute approximate surface area is 210 Å². The van der Waals surface area contributed by atoms with Crippen LogP contribution in [0.2, 0.25) is 0 Å². The number of pyridine rings is 1. The van der Waals surface area contributed by atoms with Crippen LogP contribution in [0.4, 0.5) is 5.82 Å². The predicted molar refractivity (Wildman–Crippen MR) is 136 cm³/mol. The van der Waals surface area contributed by atoms with E-state index < -0.39 is 6.04 Å². The number of hydrogen-bond donors (Lipinski definition) is 2. The maximum Gasteiger partial charge on any atom is 0.247 e. The molecule has 0 saturated carbocycles. The van der Waals surface area contributed by atoms with Crippen molar-refractivity contribution < 1.29 is 14.3 Å². The Balaban J connectivity index is 1.37. The highest BCUT2D eigenvalue weighted by molar-refractivity contribution is 5.94. The number of benzene rings is 2. The van der Waals surface area contributed by atoms with Gasteiger partial charge in [0.15, 0.2) is 0 Å². The molecule has 0 aliphatic carbocycles. The standard InChI is InChI=1S/C28H29N5O3/c1-19(22-10-8-21(14-29)9-11-22)15-31-27(23-6-4-3-5-7-23)28(35)32-26-13-12-24(16-30-26)36-25-17-33(18-25)20(2)34/h3-13,16,19,25,27,31H,15,17-18H2,1-2H3,(H,30,32,35). The van der Waals surface area contributed by atoms with Crippen LogP contribution in [-0.2, 0) is 9.59 Å². The summed E-state index contributed by atoms with van der Waals surface area (Å²) in [6.07, 6.45) is 1.53. The molecular weight excluding hydrogens is 454 g/mol. The zero-order chi connectivity index (χ0) is 25.5. The van der Waals surface area contributed by atoms with Crippen LogP contribution in [0.25, 0.3) is 0 Å². The Hall–Kier alpha value is -4.22. The van der Waals surface area contributed by atoms with Gasteiger partial charge in [-0.3, -0.25) is 9.59 Å². The highest BCUT2D eigenvalue weighted by atomic mass is 16.5. The van der Waals surface area contributed by atoms with E-state index in [4.69, 9.17) is 10.00 Å². The fourth-order valence-electron chi connectivity index (χ4n) is 3.99. The van der Waals surface area contributed by atoms with Gasteiger partial charge >= 0.3 is 0 Å². The van der Waals surface area contributed by atoms with E-state index in [0.717, 1.165) is 11.1 Å². The third-order valence-corrected chi connectivity index (χ3v) is 6.22. The van der Waals surface area contributed by atoms with Crippen LogP contribution in [0.15, 0.2) is 72.9 Å². The Kier molecular flexibility index (Phi) is 7.93. The van der Waals surface area contributed by atoms with Crippen LogP contribution in [0.5, 0.6) is 5.75 Å². The minimum absolute atomic E-state index is 0.0407. The molecule has 184 valence electrons. The molecule has 2 amide bonds. The second-order valence-corrected chi connectivity index (χ2v) is 8.92. The number of carbonyl (C=O) groups excluding carboxylic acids is 2. The maximum absolute atomic E-state index is 13.2. The third-order valence-electron chi connectivity index (χ3n) is 6.22. The summed E-state index contributed by atoms with van der Waals surface area (Å²) in [7, 11) is 0. The Morgan fingerprint density at radius 1 is 1.08 bits per heavy atom. The second-order valence-electron chi connectivity index (χ2n) is 8.92. The molecule has 2 aromatic carbocycles.